The van der Waals surface area contributed by atoms with Crippen molar-refractivity contribution in [3.63, 3.8) is 0 Å². The van der Waals surface area contributed by atoms with E-state index in [0.717, 1.165) is 17.6 Å². The number of methoxy groups -OCH3 is 1. The number of nitrogens with one attached hydrogen (secondary N) is 1. The first kappa shape index (κ1) is 20.4. The van der Waals surface area contributed by atoms with Gasteiger partial charge in [0.15, 0.2) is 0 Å². The summed E-state index contributed by atoms with van der Waals surface area (Å²) in [5, 5.41) is 19.1. The molecule has 1 aromatic carbocycles. The topological polar surface area (TPSA) is 135 Å². The standard InChI is InChI=1S/C18H15N5O4S2/c1-10-6-12(13-7-11(8-19)4-5-15(13)27-2)14(9-20-10)16(24)21-17-22-23-18(28-17)29(3,25)26/h4-7,9H,1-3H3,(H,21,22,24). The molecule has 1 N–H and O–H groups in total. The number of carbonyl (C=O) groups excluding carboxylic acids is 1. The van der Waals surface area contributed by atoms with Gasteiger partial charge in [0.2, 0.25) is 19.3 Å². The number of benzene rings is 1. The van der Waals surface area contributed by atoms with E-state index in [-0.39, 0.29) is 15.0 Å². The summed E-state index contributed by atoms with van der Waals surface area (Å²) in [4.78, 5) is 17.0. The maximum atomic E-state index is 12.9. The number of nitrogens with zero attached hydrogens (tertiary/aromatic N) is 4. The molecule has 0 aliphatic heterocycles. The first-order valence-corrected chi connectivity index (χ1v) is 10.8. The van der Waals surface area contributed by atoms with E-state index in [1.807, 2.05) is 0 Å². The van der Waals surface area contributed by atoms with Crippen LogP contribution in [0.1, 0.15) is 21.6 Å². The summed E-state index contributed by atoms with van der Waals surface area (Å²) in [6, 6.07) is 8.65. The van der Waals surface area contributed by atoms with Crippen LogP contribution in [0.25, 0.3) is 11.1 Å². The molecule has 148 valence electrons. The van der Waals surface area contributed by atoms with Gasteiger partial charge in [-0.15, -0.1) is 10.2 Å². The molecule has 3 aromatic rings. The summed E-state index contributed by atoms with van der Waals surface area (Å²) in [6.45, 7) is 1.77. The molecule has 0 unspecified atom stereocenters. The molecule has 1 amide bonds. The first-order chi connectivity index (χ1) is 13.7. The lowest BCUT2D eigenvalue weighted by Crippen LogP contribution is -2.14. The molecule has 2 heterocycles. The van der Waals surface area contributed by atoms with Gasteiger partial charge in [-0.1, -0.05) is 11.3 Å². The lowest BCUT2D eigenvalue weighted by molar-refractivity contribution is 0.102. The minimum absolute atomic E-state index is 0.0414. The number of pyridine rings is 1. The predicted octanol–water partition coefficient (Wildman–Crippen LogP) is 2.44. The number of rotatable bonds is 5. The van der Waals surface area contributed by atoms with E-state index in [4.69, 9.17) is 4.74 Å². The second-order valence-corrected chi connectivity index (χ2v) is 9.16. The number of hydrogen-bond donors (Lipinski definition) is 1. The Hall–Kier alpha value is -3.36. The molecule has 0 saturated carbocycles. The highest BCUT2D eigenvalue weighted by Gasteiger charge is 2.20. The summed E-state index contributed by atoms with van der Waals surface area (Å²) < 4.78 is 28.3. The van der Waals surface area contributed by atoms with Gasteiger partial charge in [-0.3, -0.25) is 15.1 Å². The number of hydrogen-bond acceptors (Lipinski definition) is 9. The van der Waals surface area contributed by atoms with Crippen molar-refractivity contribution in [2.24, 2.45) is 0 Å². The van der Waals surface area contributed by atoms with Gasteiger partial charge >= 0.3 is 0 Å². The summed E-state index contributed by atoms with van der Waals surface area (Å²) in [5.41, 5.74) is 2.34. The molecule has 2 aromatic heterocycles. The fourth-order valence-electron chi connectivity index (χ4n) is 2.53. The highest BCUT2D eigenvalue weighted by Crippen LogP contribution is 2.34. The Labute approximate surface area is 170 Å². The van der Waals surface area contributed by atoms with Crippen molar-refractivity contribution in [3.8, 4) is 22.9 Å². The molecule has 11 heteroatoms. The van der Waals surface area contributed by atoms with Gasteiger partial charge in [-0.2, -0.15) is 5.26 Å². The number of ether oxygens (including phenoxy) is 1. The molecule has 0 fully saturated rings. The van der Waals surface area contributed by atoms with Crippen LogP contribution in [0.3, 0.4) is 0 Å². The van der Waals surface area contributed by atoms with Crippen molar-refractivity contribution in [2.45, 2.75) is 11.3 Å². The monoisotopic (exact) mass is 429 g/mol. The number of carbonyl (C=O) groups is 1. The number of anilines is 1. The van der Waals surface area contributed by atoms with E-state index in [2.05, 4.69) is 26.6 Å². The van der Waals surface area contributed by atoms with Gasteiger partial charge in [0, 0.05) is 29.3 Å². The Morgan fingerprint density at radius 1 is 1.24 bits per heavy atom. The third-order valence-electron chi connectivity index (χ3n) is 3.85. The number of sulfone groups is 1. The second-order valence-electron chi connectivity index (χ2n) is 6.00. The van der Waals surface area contributed by atoms with Crippen LogP contribution < -0.4 is 10.1 Å². The maximum Gasteiger partial charge on any atom is 0.259 e. The fourth-order valence-corrected chi connectivity index (χ4v) is 4.03. The van der Waals surface area contributed by atoms with Gasteiger partial charge in [0.05, 0.1) is 24.3 Å². The Morgan fingerprint density at radius 3 is 2.62 bits per heavy atom. The molecule has 0 aliphatic rings. The van der Waals surface area contributed by atoms with Crippen LogP contribution in [0.4, 0.5) is 5.13 Å². The van der Waals surface area contributed by atoms with Gasteiger partial charge < -0.3 is 4.74 Å². The van der Waals surface area contributed by atoms with Crippen molar-refractivity contribution >= 4 is 32.2 Å². The molecule has 3 rings (SSSR count). The lowest BCUT2D eigenvalue weighted by atomic mass is 9.97. The van der Waals surface area contributed by atoms with Gasteiger partial charge in [0.25, 0.3) is 5.91 Å². The third-order valence-corrected chi connectivity index (χ3v) is 6.36. The Balaban J connectivity index is 2.05. The molecule has 0 radical (unpaired) electrons. The summed E-state index contributed by atoms with van der Waals surface area (Å²) in [7, 11) is -2.03. The van der Waals surface area contributed by atoms with Crippen LogP contribution >= 0.6 is 11.3 Å². The smallest absolute Gasteiger partial charge is 0.259 e. The Bertz CT molecular complexity index is 1250. The van der Waals surface area contributed by atoms with Crippen molar-refractivity contribution in [1.82, 2.24) is 15.2 Å². The number of amides is 1. The van der Waals surface area contributed by atoms with Crippen molar-refractivity contribution in [3.05, 3.63) is 47.3 Å². The average molecular weight is 429 g/mol. The van der Waals surface area contributed by atoms with Crippen LogP contribution in [0.5, 0.6) is 5.75 Å². The van der Waals surface area contributed by atoms with Crippen LogP contribution in [-0.2, 0) is 9.84 Å². The van der Waals surface area contributed by atoms with Gasteiger partial charge in [0.1, 0.15) is 5.75 Å². The Morgan fingerprint density at radius 2 is 2.00 bits per heavy atom. The normalized spacial score (nSPS) is 11.0. The molecule has 9 nitrogen and oxygen atoms in total. The summed E-state index contributed by atoms with van der Waals surface area (Å²) in [6.07, 6.45) is 2.41. The molecule has 0 bridgehead atoms. The second kappa shape index (κ2) is 7.94. The lowest BCUT2D eigenvalue weighted by Gasteiger charge is -2.13. The number of nitriles is 1. The minimum Gasteiger partial charge on any atom is -0.496 e. The van der Waals surface area contributed by atoms with Crippen LogP contribution in [-0.4, -0.2) is 42.9 Å². The molecule has 0 saturated heterocycles. The van der Waals surface area contributed by atoms with Crippen molar-refractivity contribution in [1.29, 1.82) is 5.26 Å². The number of aryl methyl sites for hydroxylation is 1. The molecule has 0 atom stereocenters. The first-order valence-electron chi connectivity index (χ1n) is 8.13. The van der Waals surface area contributed by atoms with E-state index < -0.39 is 15.7 Å². The molecule has 29 heavy (non-hydrogen) atoms. The molecular formula is C18H15N5O4S2. The van der Waals surface area contributed by atoms with Crippen LogP contribution in [0, 0.1) is 18.3 Å². The zero-order valence-electron chi connectivity index (χ0n) is 15.6. The fraction of sp³-hybridized carbons (Fsp3) is 0.167. The highest BCUT2D eigenvalue weighted by molar-refractivity contribution is 7.92. The highest BCUT2D eigenvalue weighted by atomic mass is 32.2. The van der Waals surface area contributed by atoms with Gasteiger partial charge in [-0.05, 0) is 31.2 Å². The predicted molar refractivity (Wildman–Crippen MR) is 107 cm³/mol. The largest absolute Gasteiger partial charge is 0.496 e. The van der Waals surface area contributed by atoms with Crippen LogP contribution in [0.15, 0.2) is 34.8 Å². The summed E-state index contributed by atoms with van der Waals surface area (Å²) >= 11 is 0.751. The van der Waals surface area contributed by atoms with E-state index in [0.29, 0.717) is 28.1 Å². The van der Waals surface area contributed by atoms with E-state index >= 15 is 0 Å². The zero-order valence-corrected chi connectivity index (χ0v) is 17.3. The minimum atomic E-state index is -3.52. The van der Waals surface area contributed by atoms with Gasteiger partial charge in [-0.25, -0.2) is 8.42 Å². The van der Waals surface area contributed by atoms with Crippen LogP contribution in [0.2, 0.25) is 0 Å². The quantitative estimate of drug-likeness (QED) is 0.611. The SMILES string of the molecule is COc1ccc(C#N)cc1-c1cc(C)ncc1C(=O)Nc1nnc(S(C)(=O)=O)s1. The molecule has 0 aliphatic carbocycles. The summed E-state index contributed by atoms with van der Waals surface area (Å²) in [5.74, 6) is -0.0629. The third kappa shape index (κ3) is 4.39. The molecular weight excluding hydrogens is 414 g/mol. The number of aromatic nitrogens is 3. The van der Waals surface area contributed by atoms with E-state index in [9.17, 15) is 18.5 Å². The zero-order chi connectivity index (χ0) is 21.2. The van der Waals surface area contributed by atoms with E-state index in [1.54, 1.807) is 31.2 Å². The Kier molecular flexibility index (Phi) is 5.58. The van der Waals surface area contributed by atoms with E-state index in [1.165, 1.54) is 13.3 Å². The average Bonchev–Trinajstić information content (AvgIpc) is 3.16. The van der Waals surface area contributed by atoms with Crippen molar-refractivity contribution < 1.29 is 17.9 Å². The maximum absolute atomic E-state index is 12.9. The van der Waals surface area contributed by atoms with Crippen molar-refractivity contribution in [2.75, 3.05) is 18.7 Å². The molecule has 0 spiro atoms.